The number of nitrogens with zero attached hydrogens (tertiary/aromatic N) is 2. The Morgan fingerprint density at radius 2 is 1.07 bits per heavy atom. The third-order valence-electron chi connectivity index (χ3n) is 6.48. The van der Waals surface area contributed by atoms with E-state index < -0.39 is 6.09 Å². The summed E-state index contributed by atoms with van der Waals surface area (Å²) in [5.41, 5.74) is 7.02. The topological polar surface area (TPSA) is 137 Å². The molecule has 45 heavy (non-hydrogen) atoms. The number of rotatable bonds is 17. The van der Waals surface area contributed by atoms with Gasteiger partial charge in [0.15, 0.2) is 6.73 Å². The third kappa shape index (κ3) is 12.0. The number of benzene rings is 4. The molecule has 0 saturated heterocycles. The Labute approximate surface area is 260 Å². The number of hydrogen-bond donors (Lipinski definition) is 2. The lowest BCUT2D eigenvalue weighted by molar-refractivity contribution is -0.510. The van der Waals surface area contributed by atoms with Gasteiger partial charge in [0.1, 0.15) is 0 Å². The molecule has 0 aliphatic carbocycles. The minimum atomic E-state index is -0.534. The second-order valence-electron chi connectivity index (χ2n) is 9.78. The Balaban J connectivity index is 1.00. The van der Waals surface area contributed by atoms with Crippen molar-refractivity contribution in [2.24, 2.45) is 9.98 Å². The maximum Gasteiger partial charge on any atom is 0.411 e. The van der Waals surface area contributed by atoms with E-state index in [-0.39, 0.29) is 19.9 Å². The van der Waals surface area contributed by atoms with Crippen LogP contribution in [0.1, 0.15) is 35.1 Å². The Morgan fingerprint density at radius 1 is 0.600 bits per heavy atom. The zero-order chi connectivity index (χ0) is 31.5. The second-order valence-corrected chi connectivity index (χ2v) is 9.78. The summed E-state index contributed by atoms with van der Waals surface area (Å²) in [5, 5.41) is 10.5. The zero-order valence-corrected chi connectivity index (χ0v) is 24.4. The molecule has 4 aromatic rings. The van der Waals surface area contributed by atoms with Gasteiger partial charge in [-0.15, -0.1) is 0 Å². The molecule has 0 aliphatic rings. The Bertz CT molecular complexity index is 1580. The summed E-state index contributed by atoms with van der Waals surface area (Å²) < 4.78 is 5.21. The lowest BCUT2D eigenvalue weighted by Crippen LogP contribution is -2.14. The first-order valence-electron chi connectivity index (χ1n) is 14.2. The van der Waals surface area contributed by atoms with Crippen molar-refractivity contribution in [1.82, 2.24) is 0 Å². The minimum absolute atomic E-state index is 0.0907. The van der Waals surface area contributed by atoms with Gasteiger partial charge in [-0.05, 0) is 96.5 Å². The fourth-order valence-electron chi connectivity index (χ4n) is 4.19. The van der Waals surface area contributed by atoms with Crippen LogP contribution in [0.4, 0.5) is 27.5 Å². The summed E-state index contributed by atoms with van der Waals surface area (Å²) in [6, 6.07) is 30.1. The van der Waals surface area contributed by atoms with Crippen LogP contribution in [0.5, 0.6) is 0 Å². The molecule has 0 bridgehead atoms. The summed E-state index contributed by atoms with van der Waals surface area (Å²) in [4.78, 5) is 49.9. The molecule has 0 heterocycles. The molecular weight excluding hydrogens is 576 g/mol. The summed E-state index contributed by atoms with van der Waals surface area (Å²) in [6.07, 6.45) is 5.18. The van der Waals surface area contributed by atoms with E-state index in [2.05, 4.69) is 20.6 Å². The van der Waals surface area contributed by atoms with Gasteiger partial charge in [0.05, 0.1) is 24.6 Å². The second kappa shape index (κ2) is 18.3. The fraction of sp³-hybridized carbons (Fsp3) is 0.206. The summed E-state index contributed by atoms with van der Waals surface area (Å²) in [7, 11) is 0. The molecule has 0 spiro atoms. The van der Waals surface area contributed by atoms with Crippen LogP contribution >= 0.6 is 0 Å². The van der Waals surface area contributed by atoms with Gasteiger partial charge in [-0.1, -0.05) is 53.6 Å². The summed E-state index contributed by atoms with van der Waals surface area (Å²) in [6.45, 7) is 0.597. The van der Waals surface area contributed by atoms with Crippen LogP contribution in [-0.4, -0.2) is 38.2 Å². The summed E-state index contributed by atoms with van der Waals surface area (Å²) in [5.74, 6) is 0. The highest BCUT2D eigenvalue weighted by molar-refractivity contribution is 5.84. The number of unbranched alkanes of at least 4 members (excludes halogenated alkanes) is 1. The molecule has 11 heteroatoms. The molecule has 0 saturated carbocycles. The van der Waals surface area contributed by atoms with Crippen molar-refractivity contribution in [2.45, 2.75) is 25.7 Å². The van der Waals surface area contributed by atoms with E-state index in [9.17, 15) is 14.4 Å². The van der Waals surface area contributed by atoms with Crippen molar-refractivity contribution in [3.8, 4) is 0 Å². The standard InChI is InChI=1S/C34H32N4O7/c39-23-35-30-11-3-26(4-12-30)21-28-7-15-32(16-8-28)37-25-44-45-43-20-2-1-19-42-34(41)38-33-17-9-29(10-18-33)22-27-5-13-31(14-6-27)36-24-40/h3-18,37H,1-2,19-22,25H2,(H,38,41). The minimum Gasteiger partial charge on any atom is -0.449 e. The predicted molar refractivity (Wildman–Crippen MR) is 168 cm³/mol. The van der Waals surface area contributed by atoms with Crippen molar-refractivity contribution in [3.63, 3.8) is 0 Å². The van der Waals surface area contributed by atoms with E-state index in [0.29, 0.717) is 36.3 Å². The van der Waals surface area contributed by atoms with Crippen LogP contribution in [0.25, 0.3) is 0 Å². The number of isocyanates is 2. The molecule has 1 amide bonds. The molecule has 0 radical (unpaired) electrons. The predicted octanol–water partition coefficient (Wildman–Crippen LogP) is 7.08. The normalized spacial score (nSPS) is 10.3. The van der Waals surface area contributed by atoms with E-state index in [4.69, 9.17) is 19.6 Å². The molecule has 0 atom stereocenters. The van der Waals surface area contributed by atoms with Gasteiger partial charge < -0.3 is 10.1 Å². The number of anilines is 2. The van der Waals surface area contributed by atoms with Gasteiger partial charge in [0.25, 0.3) is 0 Å². The molecule has 4 aromatic carbocycles. The average Bonchev–Trinajstić information content (AvgIpc) is 3.06. The molecule has 0 aliphatic heterocycles. The largest absolute Gasteiger partial charge is 0.449 e. The van der Waals surface area contributed by atoms with Crippen molar-refractivity contribution in [3.05, 3.63) is 119 Å². The molecule has 2 N–H and O–H groups in total. The number of carbonyl (C=O) groups is 1. The molecule has 0 fully saturated rings. The lowest BCUT2D eigenvalue weighted by atomic mass is 10.0. The van der Waals surface area contributed by atoms with Gasteiger partial charge >= 0.3 is 6.09 Å². The Morgan fingerprint density at radius 3 is 1.58 bits per heavy atom. The van der Waals surface area contributed by atoms with E-state index >= 15 is 0 Å². The third-order valence-corrected chi connectivity index (χ3v) is 6.48. The number of carbonyl (C=O) groups excluding carboxylic acids is 3. The van der Waals surface area contributed by atoms with Gasteiger partial charge in [0, 0.05) is 11.4 Å². The fourth-order valence-corrected chi connectivity index (χ4v) is 4.19. The van der Waals surface area contributed by atoms with Crippen molar-refractivity contribution in [2.75, 3.05) is 30.6 Å². The highest BCUT2D eigenvalue weighted by Crippen LogP contribution is 2.18. The molecular formula is C34H32N4O7. The Hall–Kier alpha value is -5.41. The van der Waals surface area contributed by atoms with Gasteiger partial charge in [-0.2, -0.15) is 14.9 Å². The summed E-state index contributed by atoms with van der Waals surface area (Å²) >= 11 is 0. The lowest BCUT2D eigenvalue weighted by Gasteiger charge is -2.09. The zero-order valence-electron chi connectivity index (χ0n) is 24.4. The van der Waals surface area contributed by atoms with Crippen molar-refractivity contribution < 1.29 is 33.9 Å². The molecule has 230 valence electrons. The number of hydrogen-bond acceptors (Lipinski definition) is 10. The number of nitrogens with one attached hydrogen (secondary N) is 2. The van der Waals surface area contributed by atoms with E-state index in [1.165, 1.54) is 12.2 Å². The molecule has 0 unspecified atom stereocenters. The maximum absolute atomic E-state index is 12.1. The van der Waals surface area contributed by atoms with Crippen molar-refractivity contribution >= 4 is 41.0 Å². The van der Waals surface area contributed by atoms with Crippen LogP contribution in [-0.2, 0) is 42.0 Å². The molecule has 11 nitrogen and oxygen atoms in total. The number of amides is 1. The van der Waals surface area contributed by atoms with E-state index in [0.717, 1.165) is 34.4 Å². The highest BCUT2D eigenvalue weighted by atomic mass is 17.5. The SMILES string of the molecule is O=C=Nc1ccc(Cc2ccc(NCOOOCCCCOC(=O)Nc3ccc(Cc4ccc(N=C=O)cc4)cc3)cc2)cc1. The number of ether oxygens (including phenoxy) is 1. The van der Waals surface area contributed by atoms with E-state index in [1.54, 1.807) is 24.3 Å². The number of aliphatic imine (C=N–C) groups is 2. The van der Waals surface area contributed by atoms with Crippen LogP contribution in [0, 0.1) is 0 Å². The van der Waals surface area contributed by atoms with Crippen LogP contribution in [0.3, 0.4) is 0 Å². The van der Waals surface area contributed by atoms with Crippen LogP contribution in [0.15, 0.2) is 107 Å². The molecule has 4 rings (SSSR count). The van der Waals surface area contributed by atoms with Crippen LogP contribution in [0.2, 0.25) is 0 Å². The van der Waals surface area contributed by atoms with Gasteiger partial charge in [-0.25, -0.2) is 19.3 Å². The van der Waals surface area contributed by atoms with Gasteiger partial charge in [0.2, 0.25) is 12.2 Å². The van der Waals surface area contributed by atoms with Gasteiger partial charge in [-0.3, -0.25) is 5.32 Å². The van der Waals surface area contributed by atoms with Crippen LogP contribution < -0.4 is 10.6 Å². The smallest absolute Gasteiger partial charge is 0.411 e. The Kier molecular flexibility index (Phi) is 13.2. The first-order chi connectivity index (χ1) is 22.1. The monoisotopic (exact) mass is 608 g/mol. The first-order valence-corrected chi connectivity index (χ1v) is 14.2. The van der Waals surface area contributed by atoms with E-state index in [1.807, 2.05) is 72.8 Å². The first kappa shape index (κ1) is 32.5. The maximum atomic E-state index is 12.1. The molecule has 0 aromatic heterocycles. The average molecular weight is 609 g/mol. The quantitative estimate of drug-likeness (QED) is 0.0324. The highest BCUT2D eigenvalue weighted by Gasteiger charge is 2.05. The van der Waals surface area contributed by atoms with Crippen molar-refractivity contribution in [1.29, 1.82) is 0 Å².